The number of furan rings is 1. The number of hydrogen-bond donors (Lipinski definition) is 0. The lowest BCUT2D eigenvalue weighted by atomic mass is 9.86. The average Bonchev–Trinajstić information content (AvgIpc) is 3.03. The Morgan fingerprint density at radius 1 is 0.833 bits per heavy atom. The number of rotatable bonds is 2. The third-order valence-corrected chi connectivity index (χ3v) is 5.54. The van der Waals surface area contributed by atoms with Gasteiger partial charge in [-0.15, -0.1) is 0 Å². The van der Waals surface area contributed by atoms with Crippen LogP contribution >= 0.6 is 0 Å². The van der Waals surface area contributed by atoms with Gasteiger partial charge < -0.3 is 4.42 Å². The summed E-state index contributed by atoms with van der Waals surface area (Å²) >= 11 is 0. The first-order valence-corrected chi connectivity index (χ1v) is 10.5. The molecule has 0 aliphatic carbocycles. The molecule has 0 spiro atoms. The normalized spacial score (nSPS) is 12.3. The molecule has 0 saturated carbocycles. The Morgan fingerprint density at radius 2 is 1.63 bits per heavy atom. The van der Waals surface area contributed by atoms with E-state index in [0.717, 1.165) is 45.2 Å². The quantitative estimate of drug-likeness (QED) is 0.313. The third kappa shape index (κ3) is 3.24. The highest BCUT2D eigenvalue weighted by Gasteiger charge is 2.17. The average molecular weight is 395 g/mol. The van der Waals surface area contributed by atoms with E-state index in [9.17, 15) is 0 Å². The number of aryl methyl sites for hydroxylation is 2. The van der Waals surface area contributed by atoms with E-state index in [1.807, 2.05) is 13.0 Å². The first-order chi connectivity index (χ1) is 14.3. The van der Waals surface area contributed by atoms with Gasteiger partial charge in [0.1, 0.15) is 5.58 Å². The minimum Gasteiger partial charge on any atom is -0.437 e. The van der Waals surface area contributed by atoms with Gasteiger partial charge in [0.15, 0.2) is 0 Å². The van der Waals surface area contributed by atoms with Crippen molar-refractivity contribution in [3.05, 3.63) is 71.4 Å². The van der Waals surface area contributed by atoms with Crippen LogP contribution in [0.3, 0.4) is 0 Å². The molecule has 150 valence electrons. The lowest BCUT2D eigenvalue weighted by Crippen LogP contribution is -2.09. The molecule has 2 aromatic carbocycles. The van der Waals surface area contributed by atoms with Gasteiger partial charge in [0.2, 0.25) is 5.71 Å². The van der Waals surface area contributed by atoms with Gasteiger partial charge in [-0.2, -0.15) is 0 Å². The van der Waals surface area contributed by atoms with Gasteiger partial charge in [-0.25, -0.2) is 9.97 Å². The van der Waals surface area contributed by atoms with E-state index in [-0.39, 0.29) is 5.41 Å². The fraction of sp³-hybridized carbons (Fsp3) is 0.259. The summed E-state index contributed by atoms with van der Waals surface area (Å²) in [5, 5.41) is 3.37. The van der Waals surface area contributed by atoms with Crippen molar-refractivity contribution in [3.63, 3.8) is 0 Å². The summed E-state index contributed by atoms with van der Waals surface area (Å²) in [5.41, 5.74) is 8.22. The van der Waals surface area contributed by atoms with Crippen LogP contribution in [0.25, 0.3) is 44.2 Å². The summed E-state index contributed by atoms with van der Waals surface area (Å²) in [6, 6.07) is 19.2. The zero-order valence-corrected chi connectivity index (χ0v) is 18.2. The predicted molar refractivity (Wildman–Crippen MR) is 125 cm³/mol. The van der Waals surface area contributed by atoms with Crippen molar-refractivity contribution < 1.29 is 4.42 Å². The largest absolute Gasteiger partial charge is 0.437 e. The van der Waals surface area contributed by atoms with Crippen molar-refractivity contribution in [2.24, 2.45) is 5.41 Å². The molecule has 0 fully saturated rings. The van der Waals surface area contributed by atoms with Crippen LogP contribution in [0.5, 0.6) is 0 Å². The first kappa shape index (κ1) is 18.8. The van der Waals surface area contributed by atoms with Gasteiger partial charge in [-0.3, -0.25) is 0 Å². The SMILES string of the molecule is Cc1cc(-c2ccc3c(CC(C)(C)C)cccc3n2)c2oc3nc(C)ccc3c2c1. The molecule has 0 N–H and O–H groups in total. The summed E-state index contributed by atoms with van der Waals surface area (Å²) in [6.07, 6.45) is 1.02. The minimum atomic E-state index is 0.231. The van der Waals surface area contributed by atoms with Gasteiger partial charge in [-0.1, -0.05) is 39.0 Å². The maximum absolute atomic E-state index is 6.22. The summed E-state index contributed by atoms with van der Waals surface area (Å²) < 4.78 is 6.22. The molecular weight excluding hydrogens is 368 g/mol. The van der Waals surface area contributed by atoms with E-state index < -0.39 is 0 Å². The molecule has 0 atom stereocenters. The summed E-state index contributed by atoms with van der Waals surface area (Å²) in [7, 11) is 0. The van der Waals surface area contributed by atoms with E-state index in [1.165, 1.54) is 16.5 Å². The molecule has 3 nitrogen and oxygen atoms in total. The molecule has 5 rings (SSSR count). The smallest absolute Gasteiger partial charge is 0.227 e. The van der Waals surface area contributed by atoms with Gasteiger partial charge in [0.25, 0.3) is 0 Å². The summed E-state index contributed by atoms with van der Waals surface area (Å²) in [4.78, 5) is 9.62. The Labute approximate surface area is 176 Å². The maximum atomic E-state index is 6.22. The van der Waals surface area contributed by atoms with Crippen LogP contribution in [0, 0.1) is 19.3 Å². The molecule has 5 aromatic rings. The molecule has 3 heterocycles. The fourth-order valence-corrected chi connectivity index (χ4v) is 4.28. The Kier molecular flexibility index (Phi) is 4.18. The highest BCUT2D eigenvalue weighted by Crippen LogP contribution is 2.36. The second kappa shape index (κ2) is 6.66. The third-order valence-electron chi connectivity index (χ3n) is 5.54. The molecule has 0 amide bonds. The Hall–Kier alpha value is -3.20. The van der Waals surface area contributed by atoms with Crippen LogP contribution in [0.15, 0.2) is 59.0 Å². The van der Waals surface area contributed by atoms with Crippen molar-refractivity contribution in [2.45, 2.75) is 41.0 Å². The molecule has 0 aliphatic heterocycles. The topological polar surface area (TPSA) is 38.9 Å². The molecule has 0 unspecified atom stereocenters. The van der Waals surface area contributed by atoms with Crippen LogP contribution < -0.4 is 0 Å². The van der Waals surface area contributed by atoms with Crippen molar-refractivity contribution in [1.82, 2.24) is 9.97 Å². The van der Waals surface area contributed by atoms with Crippen LogP contribution in [-0.4, -0.2) is 9.97 Å². The molecule has 0 radical (unpaired) electrons. The van der Waals surface area contributed by atoms with Gasteiger partial charge >= 0.3 is 0 Å². The van der Waals surface area contributed by atoms with E-state index >= 15 is 0 Å². The Bertz CT molecular complexity index is 1420. The van der Waals surface area contributed by atoms with Crippen molar-refractivity contribution in [2.75, 3.05) is 0 Å². The molecular formula is C27H26N2O. The van der Waals surface area contributed by atoms with E-state index in [4.69, 9.17) is 9.40 Å². The highest BCUT2D eigenvalue weighted by atomic mass is 16.3. The fourth-order valence-electron chi connectivity index (χ4n) is 4.28. The zero-order valence-electron chi connectivity index (χ0n) is 18.2. The lowest BCUT2D eigenvalue weighted by Gasteiger charge is -2.19. The molecule has 3 aromatic heterocycles. The summed E-state index contributed by atoms with van der Waals surface area (Å²) in [6.45, 7) is 10.9. The maximum Gasteiger partial charge on any atom is 0.227 e. The van der Waals surface area contributed by atoms with Crippen LogP contribution in [0.4, 0.5) is 0 Å². The first-order valence-electron chi connectivity index (χ1n) is 10.5. The number of hydrogen-bond acceptors (Lipinski definition) is 3. The number of aromatic nitrogens is 2. The predicted octanol–water partition coefficient (Wildman–Crippen LogP) is 7.40. The van der Waals surface area contributed by atoms with Crippen LogP contribution in [-0.2, 0) is 6.42 Å². The minimum absolute atomic E-state index is 0.231. The van der Waals surface area contributed by atoms with Gasteiger partial charge in [0.05, 0.1) is 11.2 Å². The van der Waals surface area contributed by atoms with Crippen LogP contribution in [0.2, 0.25) is 0 Å². The number of pyridine rings is 2. The molecule has 3 heteroatoms. The van der Waals surface area contributed by atoms with E-state index in [1.54, 1.807) is 0 Å². The zero-order chi connectivity index (χ0) is 21.0. The van der Waals surface area contributed by atoms with Crippen LogP contribution in [0.1, 0.15) is 37.6 Å². The highest BCUT2D eigenvalue weighted by molar-refractivity contribution is 6.09. The standard InChI is InChI=1S/C27H26N2O/c1-16-13-21-20-10-9-17(2)28-26(20)30-25(21)22(14-16)24-12-11-19-18(15-27(3,4)5)7-6-8-23(19)29-24/h6-14H,15H2,1-5H3. The molecule has 0 bridgehead atoms. The van der Waals surface area contributed by atoms with Gasteiger partial charge in [0, 0.05) is 27.4 Å². The molecule has 0 saturated heterocycles. The molecule has 30 heavy (non-hydrogen) atoms. The summed E-state index contributed by atoms with van der Waals surface area (Å²) in [5.74, 6) is 0. The molecule has 0 aliphatic rings. The van der Waals surface area contributed by atoms with E-state index in [0.29, 0.717) is 5.71 Å². The monoisotopic (exact) mass is 394 g/mol. The number of nitrogens with zero attached hydrogens (tertiary/aromatic N) is 2. The van der Waals surface area contributed by atoms with E-state index in [2.05, 4.69) is 81.2 Å². The second-order valence-electron chi connectivity index (χ2n) is 9.51. The lowest BCUT2D eigenvalue weighted by molar-refractivity contribution is 0.412. The van der Waals surface area contributed by atoms with Crippen molar-refractivity contribution in [3.8, 4) is 11.3 Å². The van der Waals surface area contributed by atoms with Crippen molar-refractivity contribution in [1.29, 1.82) is 0 Å². The van der Waals surface area contributed by atoms with Crippen molar-refractivity contribution >= 4 is 33.0 Å². The Morgan fingerprint density at radius 3 is 2.43 bits per heavy atom. The van der Waals surface area contributed by atoms with Gasteiger partial charge in [-0.05, 0) is 73.2 Å². The number of benzene rings is 2. The Balaban J connectivity index is 1.73. The second-order valence-corrected chi connectivity index (χ2v) is 9.51. The number of fused-ring (bicyclic) bond motifs is 4.